The van der Waals surface area contributed by atoms with Crippen LogP contribution >= 0.6 is 0 Å². The molecule has 1 aromatic carbocycles. The fourth-order valence-corrected chi connectivity index (χ4v) is 2.13. The summed E-state index contributed by atoms with van der Waals surface area (Å²) in [4.78, 5) is 10.6. The molecule has 0 atom stereocenters. The lowest BCUT2D eigenvalue weighted by Crippen LogP contribution is -2.10. The summed E-state index contributed by atoms with van der Waals surface area (Å²) in [6, 6.07) is 11.9. The Morgan fingerprint density at radius 1 is 1.14 bits per heavy atom. The van der Waals surface area contributed by atoms with Crippen LogP contribution < -0.4 is 0 Å². The Balaban J connectivity index is 2.40. The van der Waals surface area contributed by atoms with Crippen LogP contribution in [-0.4, -0.2) is 11.1 Å². The first-order chi connectivity index (χ1) is 10.4. The molecule has 0 aliphatic carbocycles. The van der Waals surface area contributed by atoms with Crippen molar-refractivity contribution in [1.29, 1.82) is 0 Å². The fourth-order valence-electron chi connectivity index (χ4n) is 2.13. The standard InChI is InChI=1S/C19H20O3/c1-19(2,3)15-11-9-14(10-12-15)16(6-4-8-18(20)21)17-7-5-13-22-17/h4-13H,1-3H3,(H,20,21). The first-order valence-corrected chi connectivity index (χ1v) is 7.14. The van der Waals surface area contributed by atoms with E-state index >= 15 is 0 Å². The minimum absolute atomic E-state index is 0.0936. The van der Waals surface area contributed by atoms with Gasteiger partial charge >= 0.3 is 5.97 Å². The summed E-state index contributed by atoms with van der Waals surface area (Å²) in [7, 11) is 0. The van der Waals surface area contributed by atoms with Crippen LogP contribution in [0.4, 0.5) is 0 Å². The van der Waals surface area contributed by atoms with Gasteiger partial charge in [-0.3, -0.25) is 0 Å². The maximum Gasteiger partial charge on any atom is 0.328 e. The SMILES string of the molecule is CC(C)(C)c1ccc(C(=CC=CC(=O)O)c2ccco2)cc1. The van der Waals surface area contributed by atoms with Gasteiger partial charge in [0.05, 0.1) is 6.26 Å². The van der Waals surface area contributed by atoms with Gasteiger partial charge in [0.15, 0.2) is 0 Å². The zero-order valence-electron chi connectivity index (χ0n) is 13.0. The van der Waals surface area contributed by atoms with E-state index in [1.807, 2.05) is 24.3 Å². The summed E-state index contributed by atoms with van der Waals surface area (Å²) in [5.74, 6) is -0.267. The summed E-state index contributed by atoms with van der Waals surface area (Å²) in [6.45, 7) is 6.50. The van der Waals surface area contributed by atoms with Gasteiger partial charge in [-0.1, -0.05) is 57.2 Å². The third-order valence-electron chi connectivity index (χ3n) is 3.35. The van der Waals surface area contributed by atoms with E-state index < -0.39 is 5.97 Å². The van der Waals surface area contributed by atoms with E-state index in [0.29, 0.717) is 5.76 Å². The Morgan fingerprint density at radius 3 is 2.32 bits per heavy atom. The molecule has 1 N–H and O–H groups in total. The van der Waals surface area contributed by atoms with Crippen LogP contribution in [0, 0.1) is 0 Å². The van der Waals surface area contributed by atoms with Gasteiger partial charge in [0, 0.05) is 11.6 Å². The van der Waals surface area contributed by atoms with Crippen LogP contribution in [0.1, 0.15) is 37.7 Å². The number of carboxylic acids is 1. The van der Waals surface area contributed by atoms with Crippen LogP contribution in [0.5, 0.6) is 0 Å². The highest BCUT2D eigenvalue weighted by molar-refractivity contribution is 5.82. The number of rotatable bonds is 4. The predicted molar refractivity (Wildman–Crippen MR) is 87.7 cm³/mol. The zero-order chi connectivity index (χ0) is 16.2. The van der Waals surface area contributed by atoms with Gasteiger partial charge in [0.1, 0.15) is 5.76 Å². The molecule has 22 heavy (non-hydrogen) atoms. The van der Waals surface area contributed by atoms with Crippen molar-refractivity contribution < 1.29 is 14.3 Å². The Kier molecular flexibility index (Phi) is 4.66. The second-order valence-electron chi connectivity index (χ2n) is 6.08. The van der Waals surface area contributed by atoms with Crippen LogP contribution in [0.3, 0.4) is 0 Å². The monoisotopic (exact) mass is 296 g/mol. The van der Waals surface area contributed by atoms with Crippen molar-refractivity contribution in [2.45, 2.75) is 26.2 Å². The van der Waals surface area contributed by atoms with Gasteiger partial charge in [-0.25, -0.2) is 4.79 Å². The number of allylic oxidation sites excluding steroid dienone is 2. The molecule has 2 rings (SSSR count). The number of furan rings is 1. The van der Waals surface area contributed by atoms with Gasteiger partial charge in [-0.05, 0) is 28.7 Å². The second kappa shape index (κ2) is 6.48. The van der Waals surface area contributed by atoms with E-state index in [0.717, 1.165) is 17.2 Å². The van der Waals surface area contributed by atoms with E-state index in [1.54, 1.807) is 12.3 Å². The molecular formula is C19H20O3. The highest BCUT2D eigenvalue weighted by atomic mass is 16.4. The normalized spacial score (nSPS) is 12.8. The molecule has 0 saturated heterocycles. The van der Waals surface area contributed by atoms with Gasteiger partial charge in [0.25, 0.3) is 0 Å². The number of hydrogen-bond donors (Lipinski definition) is 1. The summed E-state index contributed by atoms with van der Waals surface area (Å²) in [6.07, 6.45) is 5.97. The molecule has 2 aromatic rings. The minimum Gasteiger partial charge on any atom is -0.478 e. The van der Waals surface area contributed by atoms with Gasteiger partial charge in [-0.2, -0.15) is 0 Å². The number of hydrogen-bond acceptors (Lipinski definition) is 2. The quantitative estimate of drug-likeness (QED) is 0.660. The second-order valence-corrected chi connectivity index (χ2v) is 6.08. The van der Waals surface area contributed by atoms with Crippen LogP contribution in [-0.2, 0) is 10.2 Å². The van der Waals surface area contributed by atoms with E-state index in [9.17, 15) is 4.79 Å². The third kappa shape index (κ3) is 3.98. The van der Waals surface area contributed by atoms with Crippen molar-refractivity contribution in [3.05, 3.63) is 77.8 Å². The highest BCUT2D eigenvalue weighted by Gasteiger charge is 2.14. The fraction of sp³-hybridized carbons (Fsp3) is 0.211. The van der Waals surface area contributed by atoms with Crippen LogP contribution in [0.15, 0.2) is 65.3 Å². The molecule has 0 aliphatic rings. The molecule has 0 spiro atoms. The van der Waals surface area contributed by atoms with Crippen molar-refractivity contribution in [3.8, 4) is 0 Å². The predicted octanol–water partition coefficient (Wildman–Crippen LogP) is 4.65. The zero-order valence-corrected chi connectivity index (χ0v) is 13.0. The highest BCUT2D eigenvalue weighted by Crippen LogP contribution is 2.27. The van der Waals surface area contributed by atoms with E-state index in [-0.39, 0.29) is 5.41 Å². The van der Waals surface area contributed by atoms with Crippen LogP contribution in [0.25, 0.3) is 5.57 Å². The topological polar surface area (TPSA) is 50.4 Å². The van der Waals surface area contributed by atoms with E-state index in [1.165, 1.54) is 11.6 Å². The smallest absolute Gasteiger partial charge is 0.328 e. The Bertz CT molecular complexity index is 681. The summed E-state index contributed by atoms with van der Waals surface area (Å²) in [5.41, 5.74) is 3.17. The molecule has 1 aromatic heterocycles. The maximum atomic E-state index is 10.6. The summed E-state index contributed by atoms with van der Waals surface area (Å²) >= 11 is 0. The van der Waals surface area contributed by atoms with Crippen molar-refractivity contribution in [2.75, 3.05) is 0 Å². The molecule has 0 aliphatic heterocycles. The molecule has 3 nitrogen and oxygen atoms in total. The first-order valence-electron chi connectivity index (χ1n) is 7.14. The molecule has 1 heterocycles. The minimum atomic E-state index is -0.974. The van der Waals surface area contributed by atoms with Gasteiger partial charge in [0.2, 0.25) is 0 Å². The number of carbonyl (C=O) groups is 1. The summed E-state index contributed by atoms with van der Waals surface area (Å²) < 4.78 is 5.46. The molecular weight excluding hydrogens is 276 g/mol. The maximum absolute atomic E-state index is 10.6. The lowest BCUT2D eigenvalue weighted by molar-refractivity contribution is -0.131. The molecule has 0 bridgehead atoms. The number of aliphatic carboxylic acids is 1. The van der Waals surface area contributed by atoms with Gasteiger partial charge in [-0.15, -0.1) is 0 Å². The van der Waals surface area contributed by atoms with E-state index in [2.05, 4.69) is 32.9 Å². The lowest BCUT2D eigenvalue weighted by Gasteiger charge is -2.19. The molecule has 3 heteroatoms. The molecule has 0 amide bonds. The van der Waals surface area contributed by atoms with Crippen molar-refractivity contribution in [2.24, 2.45) is 0 Å². The number of carboxylic acid groups (broad SMARTS) is 1. The molecule has 0 unspecified atom stereocenters. The van der Waals surface area contributed by atoms with Crippen molar-refractivity contribution in [3.63, 3.8) is 0 Å². The molecule has 0 fully saturated rings. The van der Waals surface area contributed by atoms with Gasteiger partial charge < -0.3 is 9.52 Å². The summed E-state index contributed by atoms with van der Waals surface area (Å²) in [5, 5.41) is 8.71. The Labute approximate surface area is 130 Å². The Hall–Kier alpha value is -2.55. The Morgan fingerprint density at radius 2 is 1.82 bits per heavy atom. The van der Waals surface area contributed by atoms with Crippen LogP contribution in [0.2, 0.25) is 0 Å². The molecule has 114 valence electrons. The van der Waals surface area contributed by atoms with Crippen molar-refractivity contribution in [1.82, 2.24) is 0 Å². The molecule has 0 saturated carbocycles. The lowest BCUT2D eigenvalue weighted by atomic mass is 9.86. The average Bonchev–Trinajstić information content (AvgIpc) is 2.96. The largest absolute Gasteiger partial charge is 0.478 e. The van der Waals surface area contributed by atoms with Crippen molar-refractivity contribution >= 4 is 11.5 Å². The van der Waals surface area contributed by atoms with E-state index in [4.69, 9.17) is 9.52 Å². The first kappa shape index (κ1) is 15.8. The number of benzene rings is 1. The average molecular weight is 296 g/mol. The molecule has 0 radical (unpaired) electrons. The third-order valence-corrected chi connectivity index (χ3v) is 3.35.